The van der Waals surface area contributed by atoms with Gasteiger partial charge < -0.3 is 0 Å². The molecule has 1 heteroatoms. The van der Waals surface area contributed by atoms with Crippen molar-refractivity contribution in [2.24, 2.45) is 0 Å². The molecule has 0 heterocycles. The molecule has 0 spiro atoms. The summed E-state index contributed by atoms with van der Waals surface area (Å²) in [5.74, 6) is 0.319. The number of carbonyl (C=O) groups is 1. The summed E-state index contributed by atoms with van der Waals surface area (Å²) >= 11 is 0. The van der Waals surface area contributed by atoms with Crippen LogP contribution in [0.4, 0.5) is 0 Å². The fraction of sp³-hybridized carbons (Fsp3) is 0.462. The van der Waals surface area contributed by atoms with E-state index in [2.05, 4.69) is 12.1 Å². The fourth-order valence-electron chi connectivity index (χ4n) is 1.74. The summed E-state index contributed by atoms with van der Waals surface area (Å²) in [5, 5.41) is 0. The van der Waals surface area contributed by atoms with Crippen LogP contribution in [0, 0.1) is 6.92 Å². The lowest BCUT2D eigenvalue weighted by atomic mass is 9.90. The number of benzene rings is 1. The molecular formula is C13H18O. The van der Waals surface area contributed by atoms with Crippen LogP contribution >= 0.6 is 0 Å². The van der Waals surface area contributed by atoms with Gasteiger partial charge in [0, 0.05) is 12.0 Å². The number of hydrogen-bond donors (Lipinski definition) is 0. The third-order valence-corrected chi connectivity index (χ3v) is 2.42. The average molecular weight is 190 g/mol. The standard InChI is InChI=1S/C11H12O.C2H6/c1-8-5-6-9-3-2-4-11(12)10(9)7-8;1-2/h5-7H,2-4H2,1H3;1-2H3. The zero-order valence-corrected chi connectivity index (χ0v) is 9.26. The van der Waals surface area contributed by atoms with Crippen LogP contribution in [-0.4, -0.2) is 5.78 Å². The van der Waals surface area contributed by atoms with Gasteiger partial charge in [-0.3, -0.25) is 4.79 Å². The number of rotatable bonds is 0. The van der Waals surface area contributed by atoms with Crippen molar-refractivity contribution in [3.05, 3.63) is 34.9 Å². The normalized spacial score (nSPS) is 14.1. The Morgan fingerprint density at radius 2 is 1.86 bits per heavy atom. The van der Waals surface area contributed by atoms with E-state index in [1.807, 2.05) is 26.8 Å². The first-order chi connectivity index (χ1) is 6.77. The van der Waals surface area contributed by atoms with Crippen molar-refractivity contribution in [1.29, 1.82) is 0 Å². The molecule has 0 bridgehead atoms. The van der Waals surface area contributed by atoms with Crippen LogP contribution in [0.5, 0.6) is 0 Å². The van der Waals surface area contributed by atoms with Gasteiger partial charge in [-0.15, -0.1) is 0 Å². The Kier molecular flexibility index (Phi) is 3.87. The molecular weight excluding hydrogens is 172 g/mol. The van der Waals surface area contributed by atoms with Crippen LogP contribution in [0.25, 0.3) is 0 Å². The largest absolute Gasteiger partial charge is 0.294 e. The van der Waals surface area contributed by atoms with Crippen molar-refractivity contribution in [2.75, 3.05) is 0 Å². The lowest BCUT2D eigenvalue weighted by molar-refractivity contribution is 0.0972. The van der Waals surface area contributed by atoms with E-state index in [1.165, 1.54) is 11.1 Å². The summed E-state index contributed by atoms with van der Waals surface area (Å²) in [6.07, 6.45) is 2.83. The van der Waals surface area contributed by atoms with E-state index in [1.54, 1.807) is 0 Å². The molecule has 0 aliphatic heterocycles. The maximum atomic E-state index is 11.4. The van der Waals surface area contributed by atoms with Gasteiger partial charge in [-0.1, -0.05) is 31.5 Å². The second kappa shape index (κ2) is 4.94. The SMILES string of the molecule is CC.Cc1ccc2c(c1)C(=O)CCC2. The predicted molar refractivity (Wildman–Crippen MR) is 59.8 cm³/mol. The smallest absolute Gasteiger partial charge is 0.163 e. The second-order valence-corrected chi connectivity index (χ2v) is 3.44. The lowest BCUT2D eigenvalue weighted by Gasteiger charge is -2.14. The molecule has 0 unspecified atom stereocenters. The van der Waals surface area contributed by atoms with E-state index in [9.17, 15) is 4.79 Å². The Balaban J connectivity index is 0.000000461. The van der Waals surface area contributed by atoms with E-state index in [-0.39, 0.29) is 0 Å². The van der Waals surface area contributed by atoms with Gasteiger partial charge in [0.15, 0.2) is 5.78 Å². The summed E-state index contributed by atoms with van der Waals surface area (Å²) in [7, 11) is 0. The van der Waals surface area contributed by atoms with Crippen LogP contribution < -0.4 is 0 Å². The molecule has 2 rings (SSSR count). The van der Waals surface area contributed by atoms with Crippen molar-refractivity contribution >= 4 is 5.78 Å². The average Bonchev–Trinajstić information content (AvgIpc) is 2.22. The molecule has 76 valence electrons. The highest BCUT2D eigenvalue weighted by molar-refractivity contribution is 5.98. The first-order valence-corrected chi connectivity index (χ1v) is 5.40. The third kappa shape index (κ3) is 2.22. The van der Waals surface area contributed by atoms with Crippen LogP contribution in [-0.2, 0) is 6.42 Å². The molecule has 0 saturated carbocycles. The van der Waals surface area contributed by atoms with E-state index in [0.29, 0.717) is 5.78 Å². The molecule has 0 fully saturated rings. The van der Waals surface area contributed by atoms with Crippen LogP contribution in [0.15, 0.2) is 18.2 Å². The molecule has 1 aromatic carbocycles. The van der Waals surface area contributed by atoms with Crippen LogP contribution in [0.3, 0.4) is 0 Å². The number of aryl methyl sites for hydroxylation is 2. The number of carbonyl (C=O) groups excluding carboxylic acids is 1. The first-order valence-electron chi connectivity index (χ1n) is 5.40. The minimum Gasteiger partial charge on any atom is -0.294 e. The van der Waals surface area contributed by atoms with Crippen molar-refractivity contribution in [2.45, 2.75) is 40.0 Å². The lowest BCUT2D eigenvalue weighted by Crippen LogP contribution is -2.10. The Morgan fingerprint density at radius 3 is 2.57 bits per heavy atom. The fourth-order valence-corrected chi connectivity index (χ4v) is 1.74. The van der Waals surface area contributed by atoms with Gasteiger partial charge in [0.25, 0.3) is 0 Å². The highest BCUT2D eigenvalue weighted by atomic mass is 16.1. The zero-order valence-electron chi connectivity index (χ0n) is 9.26. The van der Waals surface area contributed by atoms with Gasteiger partial charge >= 0.3 is 0 Å². The summed E-state index contributed by atoms with van der Waals surface area (Å²) < 4.78 is 0. The summed E-state index contributed by atoms with van der Waals surface area (Å²) in [6.45, 7) is 6.03. The molecule has 14 heavy (non-hydrogen) atoms. The molecule has 0 amide bonds. The number of ketones is 1. The van der Waals surface area contributed by atoms with Gasteiger partial charge in [-0.25, -0.2) is 0 Å². The first kappa shape index (κ1) is 11.0. The molecule has 0 N–H and O–H groups in total. The minimum atomic E-state index is 0.319. The molecule has 0 atom stereocenters. The maximum Gasteiger partial charge on any atom is 0.163 e. The van der Waals surface area contributed by atoms with Crippen molar-refractivity contribution in [3.8, 4) is 0 Å². The van der Waals surface area contributed by atoms with Crippen molar-refractivity contribution in [1.82, 2.24) is 0 Å². The Labute approximate surface area is 86.1 Å². The number of hydrogen-bond acceptors (Lipinski definition) is 1. The highest BCUT2D eigenvalue weighted by Gasteiger charge is 2.15. The summed E-state index contributed by atoms with van der Waals surface area (Å²) in [4.78, 5) is 11.4. The number of Topliss-reactive ketones (excluding diaryl/α,β-unsaturated/α-hetero) is 1. The van der Waals surface area contributed by atoms with E-state index in [0.717, 1.165) is 24.8 Å². The quantitative estimate of drug-likeness (QED) is 0.611. The van der Waals surface area contributed by atoms with Crippen LogP contribution in [0.2, 0.25) is 0 Å². The Hall–Kier alpha value is -1.11. The van der Waals surface area contributed by atoms with Crippen molar-refractivity contribution in [3.63, 3.8) is 0 Å². The van der Waals surface area contributed by atoms with Gasteiger partial charge in [0.1, 0.15) is 0 Å². The van der Waals surface area contributed by atoms with E-state index < -0.39 is 0 Å². The minimum absolute atomic E-state index is 0.319. The molecule has 1 aliphatic carbocycles. The third-order valence-electron chi connectivity index (χ3n) is 2.42. The molecule has 1 nitrogen and oxygen atoms in total. The van der Waals surface area contributed by atoms with Crippen molar-refractivity contribution < 1.29 is 4.79 Å². The zero-order chi connectivity index (χ0) is 10.6. The Morgan fingerprint density at radius 1 is 1.14 bits per heavy atom. The van der Waals surface area contributed by atoms with Gasteiger partial charge in [-0.05, 0) is 31.4 Å². The maximum absolute atomic E-state index is 11.4. The number of fused-ring (bicyclic) bond motifs is 1. The molecule has 1 aromatic rings. The molecule has 0 saturated heterocycles. The molecule has 0 radical (unpaired) electrons. The van der Waals surface area contributed by atoms with E-state index in [4.69, 9.17) is 0 Å². The molecule has 1 aliphatic rings. The van der Waals surface area contributed by atoms with Crippen LogP contribution in [0.1, 0.15) is 48.2 Å². The second-order valence-electron chi connectivity index (χ2n) is 3.44. The highest BCUT2D eigenvalue weighted by Crippen LogP contribution is 2.21. The summed E-state index contributed by atoms with van der Waals surface area (Å²) in [6, 6.07) is 6.18. The Bertz CT molecular complexity index is 326. The molecule has 0 aromatic heterocycles. The van der Waals surface area contributed by atoms with Gasteiger partial charge in [0.05, 0.1) is 0 Å². The summed E-state index contributed by atoms with van der Waals surface area (Å²) in [5.41, 5.74) is 3.38. The predicted octanol–water partition coefficient (Wildman–Crippen LogP) is 3.54. The monoisotopic (exact) mass is 190 g/mol. The van der Waals surface area contributed by atoms with Gasteiger partial charge in [-0.2, -0.15) is 0 Å². The van der Waals surface area contributed by atoms with Gasteiger partial charge in [0.2, 0.25) is 0 Å². The topological polar surface area (TPSA) is 17.1 Å². The van der Waals surface area contributed by atoms with E-state index >= 15 is 0 Å².